The van der Waals surface area contributed by atoms with Gasteiger partial charge < -0.3 is 9.32 Å². The van der Waals surface area contributed by atoms with Gasteiger partial charge in [-0.15, -0.1) is 0 Å². The second-order valence-corrected chi connectivity index (χ2v) is 7.25. The molecule has 0 radical (unpaired) electrons. The third kappa shape index (κ3) is 2.58. The third-order valence-electron chi connectivity index (χ3n) is 4.92. The maximum atomic E-state index is 13.5. The normalized spacial score (nSPS) is 16.7. The van der Waals surface area contributed by atoms with Crippen LogP contribution >= 0.6 is 15.9 Å². The molecule has 0 spiro atoms. The summed E-state index contributed by atoms with van der Waals surface area (Å²) in [5, 5.41) is 0.766. The molecule has 0 saturated carbocycles. The number of aryl methyl sites for hydroxylation is 1. The summed E-state index contributed by atoms with van der Waals surface area (Å²) in [5.74, 6) is 0.257. The average molecular weight is 402 g/mol. The standard InChI is InChI=1S/C20H17BrFNO2/c1-3-23-17-6-4-12(21)8-15(17)16(20(23)24)10-19-11(2)14-9-13(22)5-7-18(14)25-19/h4-9,16H,3,10H2,1-2H3/t16-/m1/s1. The second-order valence-electron chi connectivity index (χ2n) is 6.33. The van der Waals surface area contributed by atoms with Crippen molar-refractivity contribution in [2.75, 3.05) is 11.4 Å². The van der Waals surface area contributed by atoms with Gasteiger partial charge in [0.05, 0.1) is 5.92 Å². The molecule has 0 fully saturated rings. The van der Waals surface area contributed by atoms with Crippen molar-refractivity contribution in [1.82, 2.24) is 0 Å². The number of carbonyl (C=O) groups excluding carboxylic acids is 1. The van der Waals surface area contributed by atoms with Crippen molar-refractivity contribution in [3.05, 3.63) is 63.6 Å². The number of likely N-dealkylation sites (N-methyl/N-ethyl adjacent to an activating group) is 1. The Balaban J connectivity index is 1.77. The van der Waals surface area contributed by atoms with E-state index < -0.39 is 0 Å². The Morgan fingerprint density at radius 2 is 2.04 bits per heavy atom. The van der Waals surface area contributed by atoms with Crippen LogP contribution in [0, 0.1) is 12.7 Å². The Hall–Kier alpha value is -2.14. The van der Waals surface area contributed by atoms with Crippen LogP contribution in [0.25, 0.3) is 11.0 Å². The van der Waals surface area contributed by atoms with Gasteiger partial charge in [-0.3, -0.25) is 4.79 Å². The molecule has 25 heavy (non-hydrogen) atoms. The van der Waals surface area contributed by atoms with E-state index in [9.17, 15) is 9.18 Å². The van der Waals surface area contributed by atoms with E-state index >= 15 is 0 Å². The van der Waals surface area contributed by atoms with Crippen LogP contribution in [0.5, 0.6) is 0 Å². The first kappa shape index (κ1) is 16.3. The minimum Gasteiger partial charge on any atom is -0.461 e. The largest absolute Gasteiger partial charge is 0.461 e. The van der Waals surface area contributed by atoms with Crippen molar-refractivity contribution in [3.63, 3.8) is 0 Å². The van der Waals surface area contributed by atoms with Gasteiger partial charge in [0.15, 0.2) is 0 Å². The molecular formula is C20H17BrFNO2. The zero-order chi connectivity index (χ0) is 17.7. The fourth-order valence-electron chi connectivity index (χ4n) is 3.64. The Morgan fingerprint density at radius 1 is 1.24 bits per heavy atom. The summed E-state index contributed by atoms with van der Waals surface area (Å²) in [6.45, 7) is 4.52. The topological polar surface area (TPSA) is 33.5 Å². The molecule has 1 amide bonds. The van der Waals surface area contributed by atoms with E-state index in [-0.39, 0.29) is 17.6 Å². The van der Waals surface area contributed by atoms with E-state index in [0.29, 0.717) is 18.5 Å². The van der Waals surface area contributed by atoms with Gasteiger partial charge in [0.25, 0.3) is 0 Å². The molecule has 3 aromatic rings. The molecule has 2 heterocycles. The number of nitrogens with zero attached hydrogens (tertiary/aromatic N) is 1. The van der Waals surface area contributed by atoms with E-state index in [4.69, 9.17) is 4.42 Å². The third-order valence-corrected chi connectivity index (χ3v) is 5.42. The van der Waals surface area contributed by atoms with Gasteiger partial charge in [-0.25, -0.2) is 4.39 Å². The SMILES string of the molecule is CCN1C(=O)[C@H](Cc2oc3ccc(F)cc3c2C)c2cc(Br)ccc21. The second kappa shape index (κ2) is 5.99. The monoisotopic (exact) mass is 401 g/mol. The summed E-state index contributed by atoms with van der Waals surface area (Å²) in [6.07, 6.45) is 0.473. The van der Waals surface area contributed by atoms with Crippen LogP contribution in [0.1, 0.15) is 29.7 Å². The molecule has 128 valence electrons. The highest BCUT2D eigenvalue weighted by molar-refractivity contribution is 9.10. The molecule has 1 aliphatic heterocycles. The lowest BCUT2D eigenvalue weighted by molar-refractivity contribution is -0.119. The first-order valence-electron chi connectivity index (χ1n) is 8.28. The molecule has 0 unspecified atom stereocenters. The van der Waals surface area contributed by atoms with Gasteiger partial charge in [-0.1, -0.05) is 15.9 Å². The van der Waals surface area contributed by atoms with Crippen LogP contribution in [0.2, 0.25) is 0 Å². The summed E-state index contributed by atoms with van der Waals surface area (Å²) in [6, 6.07) is 10.4. The lowest BCUT2D eigenvalue weighted by atomic mass is 9.94. The maximum absolute atomic E-state index is 13.5. The van der Waals surface area contributed by atoms with Gasteiger partial charge in [-0.05, 0) is 61.4 Å². The van der Waals surface area contributed by atoms with Gasteiger partial charge in [-0.2, -0.15) is 0 Å². The summed E-state index contributed by atoms with van der Waals surface area (Å²) in [5.41, 5.74) is 3.52. The number of hydrogen-bond donors (Lipinski definition) is 0. The average Bonchev–Trinajstić information content (AvgIpc) is 3.03. The van der Waals surface area contributed by atoms with Gasteiger partial charge in [0, 0.05) is 28.5 Å². The molecule has 0 saturated heterocycles. The molecule has 0 bridgehead atoms. The van der Waals surface area contributed by atoms with Crippen LogP contribution in [0.3, 0.4) is 0 Å². The fourth-order valence-corrected chi connectivity index (χ4v) is 4.02. The summed E-state index contributed by atoms with van der Waals surface area (Å²) in [7, 11) is 0. The number of rotatable bonds is 3. The molecule has 0 aliphatic carbocycles. The minimum atomic E-state index is -0.286. The molecule has 1 aromatic heterocycles. The van der Waals surface area contributed by atoms with Crippen LogP contribution in [-0.2, 0) is 11.2 Å². The first-order chi connectivity index (χ1) is 12.0. The van der Waals surface area contributed by atoms with Crippen LogP contribution < -0.4 is 4.90 Å². The first-order valence-corrected chi connectivity index (χ1v) is 9.07. The van der Waals surface area contributed by atoms with E-state index in [2.05, 4.69) is 15.9 Å². The van der Waals surface area contributed by atoms with Crippen molar-refractivity contribution in [2.45, 2.75) is 26.2 Å². The van der Waals surface area contributed by atoms with Crippen molar-refractivity contribution >= 4 is 38.5 Å². The quantitative estimate of drug-likeness (QED) is 0.593. The number of hydrogen-bond acceptors (Lipinski definition) is 2. The van der Waals surface area contributed by atoms with Crippen molar-refractivity contribution in [2.24, 2.45) is 0 Å². The Labute approximate surface area is 153 Å². The maximum Gasteiger partial charge on any atom is 0.235 e. The molecule has 3 nitrogen and oxygen atoms in total. The highest BCUT2D eigenvalue weighted by Gasteiger charge is 2.37. The lowest BCUT2D eigenvalue weighted by Crippen LogP contribution is -2.29. The number of carbonyl (C=O) groups is 1. The molecule has 5 heteroatoms. The van der Waals surface area contributed by atoms with E-state index in [1.165, 1.54) is 12.1 Å². The molecular weight excluding hydrogens is 385 g/mol. The van der Waals surface area contributed by atoms with Crippen LogP contribution in [0.4, 0.5) is 10.1 Å². The zero-order valence-corrected chi connectivity index (χ0v) is 15.6. The Kier molecular flexibility index (Phi) is 3.91. The Morgan fingerprint density at radius 3 is 2.80 bits per heavy atom. The fraction of sp³-hybridized carbons (Fsp3) is 0.250. The number of halogens is 2. The van der Waals surface area contributed by atoms with E-state index in [1.807, 2.05) is 36.9 Å². The van der Waals surface area contributed by atoms with E-state index in [1.54, 1.807) is 6.07 Å². The summed E-state index contributed by atoms with van der Waals surface area (Å²) in [4.78, 5) is 14.7. The molecule has 1 atom stereocenters. The summed E-state index contributed by atoms with van der Waals surface area (Å²) < 4.78 is 20.4. The van der Waals surface area contributed by atoms with Crippen molar-refractivity contribution in [3.8, 4) is 0 Å². The number of fused-ring (bicyclic) bond motifs is 2. The van der Waals surface area contributed by atoms with Gasteiger partial charge in [0.2, 0.25) is 5.91 Å². The zero-order valence-electron chi connectivity index (χ0n) is 14.0. The predicted molar refractivity (Wildman–Crippen MR) is 99.5 cm³/mol. The molecule has 0 N–H and O–H groups in total. The lowest BCUT2D eigenvalue weighted by Gasteiger charge is -2.15. The van der Waals surface area contributed by atoms with Crippen LogP contribution in [-0.4, -0.2) is 12.5 Å². The summed E-state index contributed by atoms with van der Waals surface area (Å²) >= 11 is 3.50. The number of amides is 1. The predicted octanol–water partition coefficient (Wildman–Crippen LogP) is 5.34. The molecule has 2 aromatic carbocycles. The minimum absolute atomic E-state index is 0.0848. The van der Waals surface area contributed by atoms with Crippen molar-refractivity contribution < 1.29 is 13.6 Å². The smallest absolute Gasteiger partial charge is 0.235 e. The van der Waals surface area contributed by atoms with E-state index in [0.717, 1.165) is 32.4 Å². The highest BCUT2D eigenvalue weighted by Crippen LogP contribution is 2.41. The number of furan rings is 1. The highest BCUT2D eigenvalue weighted by atomic mass is 79.9. The number of benzene rings is 2. The van der Waals surface area contributed by atoms with Crippen molar-refractivity contribution in [1.29, 1.82) is 0 Å². The van der Waals surface area contributed by atoms with Gasteiger partial charge >= 0.3 is 0 Å². The molecule has 1 aliphatic rings. The van der Waals surface area contributed by atoms with Gasteiger partial charge in [0.1, 0.15) is 17.2 Å². The Bertz CT molecular complexity index is 995. The molecule has 4 rings (SSSR count). The van der Waals surface area contributed by atoms with Crippen LogP contribution in [0.15, 0.2) is 45.3 Å². The number of anilines is 1.